The van der Waals surface area contributed by atoms with Crippen LogP contribution in [0.2, 0.25) is 5.02 Å². The van der Waals surface area contributed by atoms with Crippen molar-refractivity contribution in [2.75, 3.05) is 23.3 Å². The first kappa shape index (κ1) is 20.3. The van der Waals surface area contributed by atoms with Crippen LogP contribution in [-0.4, -0.2) is 29.2 Å². The van der Waals surface area contributed by atoms with Crippen LogP contribution in [0.3, 0.4) is 0 Å². The van der Waals surface area contributed by atoms with Gasteiger partial charge in [-0.2, -0.15) is 0 Å². The number of anilines is 2. The molecule has 154 valence electrons. The lowest BCUT2D eigenvalue weighted by Crippen LogP contribution is -2.33. The van der Waals surface area contributed by atoms with Crippen molar-refractivity contribution in [1.82, 2.24) is 10.2 Å². The molecular weight excluding hydrogens is 403 g/mol. The minimum atomic E-state index is -0.662. The van der Waals surface area contributed by atoms with Gasteiger partial charge >= 0.3 is 0 Å². The van der Waals surface area contributed by atoms with Crippen LogP contribution < -0.4 is 10.2 Å². The van der Waals surface area contributed by atoms with Gasteiger partial charge in [-0.1, -0.05) is 36.7 Å². The number of benzene rings is 2. The number of nitrogens with one attached hydrogen (secondary N) is 1. The third-order valence-electron chi connectivity index (χ3n) is 5.36. The van der Waals surface area contributed by atoms with Crippen LogP contribution in [0.4, 0.5) is 15.9 Å². The molecule has 2 aromatic carbocycles. The molecule has 1 aliphatic rings. The molecule has 1 amide bonds. The van der Waals surface area contributed by atoms with Crippen molar-refractivity contribution < 1.29 is 9.18 Å². The number of carbonyl (C=O) groups is 1. The first-order valence-corrected chi connectivity index (χ1v) is 10.3. The molecule has 0 aliphatic carbocycles. The highest BCUT2D eigenvalue weighted by Gasteiger charge is 2.18. The smallest absolute Gasteiger partial charge is 0.260 e. The van der Waals surface area contributed by atoms with E-state index < -0.39 is 11.7 Å². The molecule has 1 fully saturated rings. The van der Waals surface area contributed by atoms with E-state index in [9.17, 15) is 9.18 Å². The van der Waals surface area contributed by atoms with Crippen LogP contribution in [0, 0.1) is 11.7 Å². The molecule has 3 aromatic rings. The third-order valence-corrected chi connectivity index (χ3v) is 5.68. The van der Waals surface area contributed by atoms with E-state index in [1.807, 2.05) is 18.2 Å². The molecule has 0 bridgehead atoms. The van der Waals surface area contributed by atoms with Crippen LogP contribution >= 0.6 is 11.6 Å². The molecule has 0 saturated carbocycles. The SMILES string of the molecule is CC1CCN(c2ccc(-c3cccc(NC(=O)c4c(F)cccc4Cl)c3)nn2)CC1. The summed E-state index contributed by atoms with van der Waals surface area (Å²) in [6.45, 7) is 4.27. The van der Waals surface area contributed by atoms with Gasteiger partial charge in [0.1, 0.15) is 5.82 Å². The summed E-state index contributed by atoms with van der Waals surface area (Å²) >= 11 is 5.98. The van der Waals surface area contributed by atoms with Crippen LogP contribution in [0.1, 0.15) is 30.1 Å². The van der Waals surface area contributed by atoms with E-state index in [2.05, 4.69) is 27.3 Å². The van der Waals surface area contributed by atoms with Gasteiger partial charge in [0.05, 0.1) is 16.3 Å². The Balaban J connectivity index is 1.50. The third kappa shape index (κ3) is 4.44. The lowest BCUT2D eigenvalue weighted by atomic mass is 9.99. The van der Waals surface area contributed by atoms with E-state index in [4.69, 9.17) is 11.6 Å². The maximum Gasteiger partial charge on any atom is 0.260 e. The Morgan fingerprint density at radius 2 is 1.87 bits per heavy atom. The van der Waals surface area contributed by atoms with Crippen molar-refractivity contribution in [3.63, 3.8) is 0 Å². The number of piperidine rings is 1. The topological polar surface area (TPSA) is 58.1 Å². The van der Waals surface area contributed by atoms with Crippen molar-refractivity contribution in [3.8, 4) is 11.3 Å². The van der Waals surface area contributed by atoms with Gasteiger partial charge in [0.25, 0.3) is 5.91 Å². The standard InChI is InChI=1S/C23H22ClFN4O/c1-15-10-12-29(13-11-15)21-9-8-20(27-28-21)16-4-2-5-17(14-16)26-23(30)22-18(24)6-3-7-19(22)25/h2-9,14-15H,10-13H2,1H3,(H,26,30). The minimum Gasteiger partial charge on any atom is -0.355 e. The van der Waals surface area contributed by atoms with Gasteiger partial charge in [0, 0.05) is 24.3 Å². The van der Waals surface area contributed by atoms with Gasteiger partial charge in [-0.05, 0) is 55.2 Å². The van der Waals surface area contributed by atoms with Gasteiger partial charge < -0.3 is 10.2 Å². The highest BCUT2D eigenvalue weighted by atomic mass is 35.5. The zero-order valence-corrected chi connectivity index (χ0v) is 17.4. The minimum absolute atomic E-state index is 0.0669. The van der Waals surface area contributed by atoms with E-state index in [0.717, 1.165) is 43.2 Å². The summed E-state index contributed by atoms with van der Waals surface area (Å²) in [5.41, 5.74) is 1.85. The fraction of sp³-hybridized carbons (Fsp3) is 0.261. The maximum absolute atomic E-state index is 14.0. The van der Waals surface area contributed by atoms with Crippen molar-refractivity contribution in [3.05, 3.63) is 71.0 Å². The van der Waals surface area contributed by atoms with E-state index in [-0.39, 0.29) is 10.6 Å². The summed E-state index contributed by atoms with van der Waals surface area (Å²) in [5, 5.41) is 11.5. The van der Waals surface area contributed by atoms with Crippen LogP contribution in [0.5, 0.6) is 0 Å². The van der Waals surface area contributed by atoms with Crippen LogP contribution in [0.15, 0.2) is 54.6 Å². The Bertz CT molecular complexity index is 1030. The van der Waals surface area contributed by atoms with Crippen molar-refractivity contribution in [2.24, 2.45) is 5.92 Å². The first-order valence-electron chi connectivity index (χ1n) is 9.96. The molecule has 1 aliphatic heterocycles. The number of nitrogens with zero attached hydrogens (tertiary/aromatic N) is 3. The number of halogens is 2. The predicted octanol–water partition coefficient (Wildman–Crippen LogP) is 5.42. The molecule has 0 radical (unpaired) electrons. The quantitative estimate of drug-likeness (QED) is 0.607. The first-order chi connectivity index (χ1) is 14.5. The molecule has 5 nitrogen and oxygen atoms in total. The Labute approximate surface area is 179 Å². The monoisotopic (exact) mass is 424 g/mol. The van der Waals surface area contributed by atoms with Crippen LogP contribution in [0.25, 0.3) is 11.3 Å². The largest absolute Gasteiger partial charge is 0.355 e. The summed E-state index contributed by atoms with van der Waals surface area (Å²) < 4.78 is 14.0. The number of carbonyl (C=O) groups excluding carboxylic acids is 1. The fourth-order valence-electron chi connectivity index (χ4n) is 3.55. The van der Waals surface area contributed by atoms with Gasteiger partial charge in [0.2, 0.25) is 0 Å². The Kier molecular flexibility index (Phi) is 5.95. The lowest BCUT2D eigenvalue weighted by Gasteiger charge is -2.30. The molecule has 2 heterocycles. The van der Waals surface area contributed by atoms with E-state index in [0.29, 0.717) is 11.4 Å². The maximum atomic E-state index is 14.0. The molecular formula is C23H22ClFN4O. The van der Waals surface area contributed by atoms with E-state index in [1.54, 1.807) is 18.2 Å². The molecule has 0 spiro atoms. The summed E-state index contributed by atoms with van der Waals surface area (Å²) in [6, 6.07) is 15.2. The summed E-state index contributed by atoms with van der Waals surface area (Å²) in [7, 11) is 0. The van der Waals surface area contributed by atoms with E-state index in [1.165, 1.54) is 18.2 Å². The van der Waals surface area contributed by atoms with Crippen LogP contribution in [-0.2, 0) is 0 Å². The lowest BCUT2D eigenvalue weighted by molar-refractivity contribution is 0.102. The number of amides is 1. The Hall–Kier alpha value is -2.99. The normalized spacial score (nSPS) is 14.6. The average molecular weight is 425 g/mol. The summed E-state index contributed by atoms with van der Waals surface area (Å²) in [6.07, 6.45) is 2.33. The zero-order valence-electron chi connectivity index (χ0n) is 16.6. The number of rotatable bonds is 4. The number of hydrogen-bond donors (Lipinski definition) is 1. The van der Waals surface area contributed by atoms with E-state index >= 15 is 0 Å². The molecule has 7 heteroatoms. The van der Waals surface area contributed by atoms with Gasteiger partial charge in [-0.3, -0.25) is 4.79 Å². The zero-order chi connectivity index (χ0) is 21.1. The van der Waals surface area contributed by atoms with Gasteiger partial charge in [-0.25, -0.2) is 4.39 Å². The van der Waals surface area contributed by atoms with Gasteiger partial charge in [-0.15, -0.1) is 10.2 Å². The Morgan fingerprint density at radius 3 is 2.57 bits per heavy atom. The second-order valence-corrected chi connectivity index (χ2v) is 7.99. The second-order valence-electron chi connectivity index (χ2n) is 7.58. The molecule has 1 saturated heterocycles. The molecule has 4 rings (SSSR count). The number of aromatic nitrogens is 2. The van der Waals surface area contributed by atoms with Gasteiger partial charge in [0.15, 0.2) is 5.82 Å². The molecule has 1 N–H and O–H groups in total. The Morgan fingerprint density at radius 1 is 1.10 bits per heavy atom. The molecule has 0 atom stereocenters. The van der Waals surface area contributed by atoms with Crippen molar-refractivity contribution in [2.45, 2.75) is 19.8 Å². The fourth-order valence-corrected chi connectivity index (χ4v) is 3.80. The molecule has 1 aromatic heterocycles. The van der Waals surface area contributed by atoms with Crippen molar-refractivity contribution in [1.29, 1.82) is 0 Å². The number of hydrogen-bond acceptors (Lipinski definition) is 4. The summed E-state index contributed by atoms with van der Waals surface area (Å²) in [5.74, 6) is 0.371. The molecule has 30 heavy (non-hydrogen) atoms. The van der Waals surface area contributed by atoms with Crippen molar-refractivity contribution >= 4 is 29.0 Å². The second kappa shape index (κ2) is 8.79. The average Bonchev–Trinajstić information content (AvgIpc) is 2.74. The highest BCUT2D eigenvalue weighted by molar-refractivity contribution is 6.34. The summed E-state index contributed by atoms with van der Waals surface area (Å²) in [4.78, 5) is 14.7. The predicted molar refractivity (Wildman–Crippen MR) is 117 cm³/mol. The molecule has 0 unspecified atom stereocenters. The highest BCUT2D eigenvalue weighted by Crippen LogP contribution is 2.25.